The van der Waals surface area contributed by atoms with Gasteiger partial charge in [0.05, 0.1) is 0 Å². The Morgan fingerprint density at radius 1 is 1.00 bits per heavy atom. The van der Waals surface area contributed by atoms with Crippen LogP contribution in [0.1, 0.15) is 51.9 Å². The van der Waals surface area contributed by atoms with Gasteiger partial charge >= 0.3 is 5.97 Å². The van der Waals surface area contributed by atoms with E-state index in [1.54, 1.807) is 6.92 Å². The molecular formula is C22H31N3O4. The van der Waals surface area contributed by atoms with Gasteiger partial charge in [-0.05, 0) is 63.3 Å². The predicted octanol–water partition coefficient (Wildman–Crippen LogP) is 2.95. The molecule has 2 aliphatic rings. The molecule has 0 bridgehead atoms. The maximum Gasteiger partial charge on any atom is 0.326 e. The highest BCUT2D eigenvalue weighted by Crippen LogP contribution is 2.22. The van der Waals surface area contributed by atoms with Gasteiger partial charge in [0.1, 0.15) is 6.54 Å². The highest BCUT2D eigenvalue weighted by molar-refractivity contribution is 5.95. The first-order chi connectivity index (χ1) is 14.0. The van der Waals surface area contributed by atoms with E-state index in [2.05, 4.69) is 10.2 Å². The summed E-state index contributed by atoms with van der Waals surface area (Å²) in [4.78, 5) is 40.4. The van der Waals surface area contributed by atoms with Gasteiger partial charge in [0.15, 0.2) is 6.10 Å². The Labute approximate surface area is 172 Å². The molecule has 0 radical (unpaired) electrons. The van der Waals surface area contributed by atoms with Crippen LogP contribution in [-0.2, 0) is 19.1 Å². The highest BCUT2D eigenvalue weighted by Gasteiger charge is 2.23. The number of ether oxygens (including phenoxy) is 1. The molecule has 1 unspecified atom stereocenters. The molecule has 2 aliphatic heterocycles. The van der Waals surface area contributed by atoms with Gasteiger partial charge < -0.3 is 19.9 Å². The van der Waals surface area contributed by atoms with Gasteiger partial charge in [0.2, 0.25) is 5.91 Å². The summed E-state index contributed by atoms with van der Waals surface area (Å²) in [5, 5.41) is 2.78. The Bertz CT molecular complexity index is 713. The van der Waals surface area contributed by atoms with Crippen LogP contribution in [0.3, 0.4) is 0 Å². The normalized spacial score (nSPS) is 18.7. The number of piperidine rings is 1. The zero-order valence-electron chi connectivity index (χ0n) is 17.2. The quantitative estimate of drug-likeness (QED) is 0.742. The first-order valence-electron chi connectivity index (χ1n) is 10.7. The monoisotopic (exact) mass is 401 g/mol. The van der Waals surface area contributed by atoms with E-state index in [1.807, 2.05) is 24.3 Å². The van der Waals surface area contributed by atoms with Gasteiger partial charge in [-0.25, -0.2) is 0 Å². The molecule has 0 spiro atoms. The van der Waals surface area contributed by atoms with Crippen molar-refractivity contribution in [2.75, 3.05) is 36.4 Å². The summed E-state index contributed by atoms with van der Waals surface area (Å²) in [5.41, 5.74) is 1.82. The summed E-state index contributed by atoms with van der Waals surface area (Å²) in [6.45, 7) is 4.15. The second-order valence-electron chi connectivity index (χ2n) is 7.84. The third-order valence-corrected chi connectivity index (χ3v) is 5.52. The summed E-state index contributed by atoms with van der Waals surface area (Å²) in [7, 11) is 0. The number of likely N-dealkylation sites (tertiary alicyclic amines) is 1. The zero-order chi connectivity index (χ0) is 20.6. The van der Waals surface area contributed by atoms with Crippen LogP contribution >= 0.6 is 0 Å². The van der Waals surface area contributed by atoms with Crippen LogP contribution in [0.25, 0.3) is 0 Å². The van der Waals surface area contributed by atoms with Gasteiger partial charge in [0.25, 0.3) is 5.91 Å². The molecule has 0 aliphatic carbocycles. The lowest BCUT2D eigenvalue weighted by Gasteiger charge is -2.28. The minimum absolute atomic E-state index is 0.0228. The fourth-order valence-corrected chi connectivity index (χ4v) is 3.80. The Kier molecular flexibility index (Phi) is 7.49. The van der Waals surface area contributed by atoms with E-state index in [1.165, 1.54) is 24.2 Å². The van der Waals surface area contributed by atoms with Crippen LogP contribution in [-0.4, -0.2) is 55.0 Å². The number of amides is 2. The fraction of sp³-hybridized carbons (Fsp3) is 0.591. The van der Waals surface area contributed by atoms with Gasteiger partial charge in [0, 0.05) is 37.4 Å². The zero-order valence-corrected chi connectivity index (χ0v) is 17.2. The lowest BCUT2D eigenvalue weighted by molar-refractivity contribution is -0.156. The molecule has 2 heterocycles. The average molecular weight is 402 g/mol. The lowest BCUT2D eigenvalue weighted by Crippen LogP contribution is -2.38. The van der Waals surface area contributed by atoms with E-state index < -0.39 is 12.1 Å². The number of esters is 1. The molecule has 0 saturated carbocycles. The molecule has 7 nitrogen and oxygen atoms in total. The molecule has 2 fully saturated rings. The first kappa shape index (κ1) is 21.1. The number of hydrogen-bond acceptors (Lipinski definition) is 5. The number of rotatable bonds is 6. The molecule has 1 aromatic rings. The molecule has 7 heteroatoms. The van der Waals surface area contributed by atoms with E-state index in [9.17, 15) is 14.4 Å². The number of carbonyl (C=O) groups is 3. The van der Waals surface area contributed by atoms with E-state index >= 15 is 0 Å². The van der Waals surface area contributed by atoms with E-state index in [4.69, 9.17) is 4.74 Å². The standard InChI is InChI=1S/C22H31N3O4/c1-17(29-21(27)16-25-15-5-2-4-8-20(25)26)22(28)23-18-9-11-19(12-10-18)24-13-6-3-7-14-24/h9-12,17H,2-8,13-16H2,1H3,(H,23,28). The molecule has 29 heavy (non-hydrogen) atoms. The number of benzene rings is 1. The van der Waals surface area contributed by atoms with Gasteiger partial charge in [-0.15, -0.1) is 0 Å². The summed E-state index contributed by atoms with van der Waals surface area (Å²) in [6, 6.07) is 7.74. The van der Waals surface area contributed by atoms with Crippen molar-refractivity contribution in [3.05, 3.63) is 24.3 Å². The second-order valence-corrected chi connectivity index (χ2v) is 7.84. The molecule has 2 saturated heterocycles. The number of hydrogen-bond donors (Lipinski definition) is 1. The van der Waals surface area contributed by atoms with E-state index in [-0.39, 0.29) is 18.4 Å². The van der Waals surface area contributed by atoms with Crippen molar-refractivity contribution in [1.29, 1.82) is 0 Å². The van der Waals surface area contributed by atoms with Crippen LogP contribution in [0.15, 0.2) is 24.3 Å². The third-order valence-electron chi connectivity index (χ3n) is 5.52. The Hall–Kier alpha value is -2.57. The van der Waals surface area contributed by atoms with Crippen molar-refractivity contribution < 1.29 is 19.1 Å². The Morgan fingerprint density at radius 2 is 1.66 bits per heavy atom. The summed E-state index contributed by atoms with van der Waals surface area (Å²) >= 11 is 0. The van der Waals surface area contributed by atoms with Crippen LogP contribution in [0.5, 0.6) is 0 Å². The SMILES string of the molecule is CC(OC(=O)CN1CCCCCC1=O)C(=O)Nc1ccc(N2CCCCC2)cc1. The maximum atomic E-state index is 12.4. The topological polar surface area (TPSA) is 78.9 Å². The van der Waals surface area contributed by atoms with Crippen molar-refractivity contribution in [2.24, 2.45) is 0 Å². The maximum absolute atomic E-state index is 12.4. The van der Waals surface area contributed by atoms with Crippen molar-refractivity contribution in [2.45, 2.75) is 58.0 Å². The average Bonchev–Trinajstić information content (AvgIpc) is 2.93. The second kappa shape index (κ2) is 10.3. The van der Waals surface area contributed by atoms with Gasteiger partial charge in [-0.1, -0.05) is 6.42 Å². The number of nitrogens with one attached hydrogen (secondary N) is 1. The Morgan fingerprint density at radius 3 is 2.38 bits per heavy atom. The third kappa shape index (κ3) is 6.21. The van der Waals surface area contributed by atoms with Crippen LogP contribution in [0.2, 0.25) is 0 Å². The highest BCUT2D eigenvalue weighted by atomic mass is 16.5. The van der Waals surface area contributed by atoms with Crippen molar-refractivity contribution in [3.8, 4) is 0 Å². The molecule has 0 aromatic heterocycles. The molecule has 1 N–H and O–H groups in total. The van der Waals surface area contributed by atoms with Crippen LogP contribution in [0, 0.1) is 0 Å². The molecule has 158 valence electrons. The summed E-state index contributed by atoms with van der Waals surface area (Å²) < 4.78 is 5.24. The number of anilines is 2. The summed E-state index contributed by atoms with van der Waals surface area (Å²) in [5.74, 6) is -0.958. The first-order valence-corrected chi connectivity index (χ1v) is 10.7. The fourth-order valence-electron chi connectivity index (χ4n) is 3.80. The minimum Gasteiger partial charge on any atom is -0.451 e. The van der Waals surface area contributed by atoms with Crippen molar-refractivity contribution >= 4 is 29.2 Å². The van der Waals surface area contributed by atoms with Gasteiger partial charge in [-0.2, -0.15) is 0 Å². The molecule has 1 aromatic carbocycles. The number of nitrogens with zero attached hydrogens (tertiary/aromatic N) is 2. The van der Waals surface area contributed by atoms with Gasteiger partial charge in [-0.3, -0.25) is 14.4 Å². The molecular weight excluding hydrogens is 370 g/mol. The van der Waals surface area contributed by atoms with Crippen molar-refractivity contribution in [3.63, 3.8) is 0 Å². The predicted molar refractivity (Wildman–Crippen MR) is 112 cm³/mol. The number of carbonyl (C=O) groups excluding carboxylic acids is 3. The van der Waals surface area contributed by atoms with Crippen LogP contribution in [0.4, 0.5) is 11.4 Å². The van der Waals surface area contributed by atoms with E-state index in [0.717, 1.165) is 38.0 Å². The lowest BCUT2D eigenvalue weighted by atomic mass is 10.1. The molecule has 3 rings (SSSR count). The molecule has 1 atom stereocenters. The molecule has 2 amide bonds. The minimum atomic E-state index is -0.925. The Balaban J connectivity index is 1.46. The smallest absolute Gasteiger partial charge is 0.326 e. The van der Waals surface area contributed by atoms with Crippen molar-refractivity contribution in [1.82, 2.24) is 4.90 Å². The summed E-state index contributed by atoms with van der Waals surface area (Å²) in [6.07, 6.45) is 6.00. The largest absolute Gasteiger partial charge is 0.451 e. The van der Waals surface area contributed by atoms with E-state index in [0.29, 0.717) is 18.7 Å². The van der Waals surface area contributed by atoms with Crippen LogP contribution < -0.4 is 10.2 Å².